The zero-order valence-electron chi connectivity index (χ0n) is 78.2. The second-order valence-electron chi connectivity index (χ2n) is 34.6. The van der Waals surface area contributed by atoms with Crippen LogP contribution in [-0.4, -0.2) is 309 Å². The van der Waals surface area contributed by atoms with Crippen molar-refractivity contribution in [3.8, 4) is 0 Å². The number of aromatic amines is 2. The van der Waals surface area contributed by atoms with Crippen LogP contribution in [0, 0.1) is 17.8 Å². The van der Waals surface area contributed by atoms with E-state index in [4.69, 9.17) is 11.5 Å². The Morgan fingerprint density at radius 3 is 1.59 bits per heavy atom. The van der Waals surface area contributed by atoms with E-state index in [0.29, 0.717) is 53.1 Å². The number of carboxylic acids is 1. The number of thioether (sulfide) groups is 3. The van der Waals surface area contributed by atoms with E-state index < -0.39 is 277 Å². The Balaban J connectivity index is 1.16. The number of rotatable bonds is 19. The van der Waals surface area contributed by atoms with Gasteiger partial charge in [0, 0.05) is 173 Å². The summed E-state index contributed by atoms with van der Waals surface area (Å²) in [5, 5.41) is 56.0. The van der Waals surface area contributed by atoms with E-state index in [1.165, 1.54) is 39.6 Å². The van der Waals surface area contributed by atoms with Gasteiger partial charge in [-0.3, -0.25) is 91.1 Å². The zero-order valence-corrected chi connectivity index (χ0v) is 80.7. The number of H-pyrrole nitrogens is 2. The van der Waals surface area contributed by atoms with E-state index >= 15 is 9.59 Å². The first-order valence-corrected chi connectivity index (χ1v) is 49.1. The van der Waals surface area contributed by atoms with Crippen molar-refractivity contribution < 1.29 is 101 Å². The third-order valence-electron chi connectivity index (χ3n) is 23.4. The van der Waals surface area contributed by atoms with Crippen molar-refractivity contribution in [1.82, 2.24) is 103 Å². The van der Waals surface area contributed by atoms with E-state index in [2.05, 4.69) is 79.1 Å². The molecular formula is C89H126N22O24S3. The standard InChI is InChI=1S/C89H126N22O24S3/c1-9-57-79(125)103-64-46-137-33-23-54(113)16-14-30-109-87(133)110(31-27-92-67(115)24-34-136-44-53(77(123)106-75(50(7)112)85(131)99-57)38-66(114)49(6)97-70(118)43-107(8)71(119)22-26-90)89(135)111(88(109)134)32-28-93-68(116)25-35-138-45-63(76(91)122)102-83(129)65-21-15-29-108(65)86(132)74(48(4)5)105-80(126)60(36-51-40-94-58-19-12-10-17-55(51)58)98-69(117)42-96-78(124)62(39-72(120)121)101-84(130)73(47(2)3)104-81(127)61(100-82(64)128)37-52-41-95-59-20-13-11-18-56(52)59/h10-13,17-20,40-41,47-50,53,57,60-65,73-75,94-95,112H,9,14-16,21-39,42-46,90H2,1-8H3,(H2,91,122)(H,92,115)(H,93,116)(H,96,124)(H,97,118)(H,98,117)(H,99,131)(H,100,128)(H,101,130)(H,102,129)(H,103,125)(H,104,127)(H,105,126)(H,106,123)(H,120,121)/t49-,50+,53-,57-,60-,61-,62-,63-,64-,65-,73-,74-,75-/m0/s1. The molecule has 0 aliphatic carbocycles. The van der Waals surface area contributed by atoms with Crippen LogP contribution in [-0.2, 0) is 124 Å². The van der Waals surface area contributed by atoms with E-state index in [-0.39, 0.29) is 113 Å². The Labute approximate surface area is 806 Å². The van der Waals surface area contributed by atoms with E-state index in [0.717, 1.165) is 47.1 Å². The zero-order chi connectivity index (χ0) is 101. The number of aromatic nitrogens is 5. The van der Waals surface area contributed by atoms with E-state index in [9.17, 15) is 106 Å². The maximum absolute atomic E-state index is 15.4. The fourth-order valence-corrected chi connectivity index (χ4v) is 18.6. The van der Waals surface area contributed by atoms with Gasteiger partial charge in [-0.2, -0.15) is 35.3 Å². The van der Waals surface area contributed by atoms with Crippen LogP contribution in [0.3, 0.4) is 0 Å². The van der Waals surface area contributed by atoms with Gasteiger partial charge in [0.05, 0.1) is 37.6 Å². The van der Waals surface area contributed by atoms with Crippen molar-refractivity contribution in [3.05, 3.63) is 104 Å². The van der Waals surface area contributed by atoms with Crippen molar-refractivity contribution in [3.63, 3.8) is 0 Å². The van der Waals surface area contributed by atoms with Gasteiger partial charge in [-0.25, -0.2) is 28.1 Å². The molecule has 1 fully saturated rings. The predicted molar refractivity (Wildman–Crippen MR) is 510 cm³/mol. The van der Waals surface area contributed by atoms with Crippen LogP contribution in [0.15, 0.2) is 75.3 Å². The van der Waals surface area contributed by atoms with Crippen LogP contribution in [0.5, 0.6) is 0 Å². The molecule has 3 aromatic heterocycles. The molecule has 4 bridgehead atoms. The number of hydrogen-bond acceptors (Lipinski definition) is 27. The largest absolute Gasteiger partial charge is 0.481 e. The molecule has 3 aliphatic rings. The number of nitrogens with one attached hydrogen (secondary N) is 15. The number of para-hydroxylation sites is 2. The topological polar surface area (TPSA) is 677 Å². The normalized spacial score (nSPS) is 23.4. The average Bonchev–Trinajstić information content (AvgIpc) is 1.19. The fourth-order valence-electron chi connectivity index (χ4n) is 15.5. The lowest BCUT2D eigenvalue weighted by atomic mass is 9.98. The summed E-state index contributed by atoms with van der Waals surface area (Å²) in [6, 6.07) is -3.43. The Bertz CT molecular complexity index is 5460. The molecule has 0 spiro atoms. The number of nitrogens with zero attached hydrogens (tertiary/aromatic N) is 5. The van der Waals surface area contributed by atoms with Crippen LogP contribution >= 0.6 is 35.3 Å². The lowest BCUT2D eigenvalue weighted by Gasteiger charge is -2.32. The molecule has 1 saturated heterocycles. The molecule has 138 heavy (non-hydrogen) atoms. The number of carboxylic acid groups (broad SMARTS) is 1. The summed E-state index contributed by atoms with van der Waals surface area (Å²) in [6.07, 6.45) is -2.10. The predicted octanol–water partition coefficient (Wildman–Crippen LogP) is -4.98. The molecule has 21 N–H and O–H groups in total. The number of nitrogens with two attached hydrogens (primary N) is 2. The van der Waals surface area contributed by atoms with Gasteiger partial charge in [0.1, 0.15) is 66.2 Å². The lowest BCUT2D eigenvalue weighted by Crippen LogP contribution is -2.61. The molecule has 6 heterocycles. The molecular weight excluding hydrogens is 1860 g/mol. The summed E-state index contributed by atoms with van der Waals surface area (Å²) in [6.45, 7) is 6.42. The molecule has 13 atom stereocenters. The minimum Gasteiger partial charge on any atom is -0.481 e. The van der Waals surface area contributed by atoms with Gasteiger partial charge < -0.3 is 111 Å². The number of benzene rings is 2. The highest BCUT2D eigenvalue weighted by Crippen LogP contribution is 2.26. The molecule has 2 aromatic carbocycles. The molecule has 49 heteroatoms. The van der Waals surface area contributed by atoms with Crippen LogP contribution < -0.4 is 97.7 Å². The second-order valence-corrected chi connectivity index (χ2v) is 38.1. The number of aliphatic hydroxyl groups is 1. The van der Waals surface area contributed by atoms with Gasteiger partial charge in [-0.1, -0.05) is 71.0 Å². The molecule has 46 nitrogen and oxygen atoms in total. The number of hydrogen-bond donors (Lipinski definition) is 19. The number of primary amides is 1. The molecule has 5 aromatic rings. The number of aliphatic carboxylic acids is 1. The minimum absolute atomic E-state index is 0.00508. The van der Waals surface area contributed by atoms with Crippen molar-refractivity contribution in [2.75, 3.05) is 80.8 Å². The highest BCUT2D eigenvalue weighted by Gasteiger charge is 2.43. The lowest BCUT2D eigenvalue weighted by molar-refractivity contribution is -0.143. The SMILES string of the molecule is CC[C@@H]1NC(=O)[C@H]([C@@H](C)O)NC(=O)[C@@H](CC(=O)[C@H](C)NC(=O)CN(C)C(=O)CCN)CSCCC(=O)NCCn2c(=O)n3c(=O)n(c2=O)CCNC(=O)CCSC[C@@H](C(N)=O)NC(=O)[C@@H]2CCCN2C(=O)[C@H](C(C)C)NC(=O)[C@H](Cc2c[nH]c4ccccc24)NC(=O)CNC(=O)[C@H](CC(=O)O)NC(=O)[C@H](C(C)C)NC(=O)[C@H](Cc2c[nH]c4ccccc24)NC(=O)[C@H](CSCCC(=O)CCC3)NC1=O. The maximum atomic E-state index is 15.4. The van der Waals surface area contributed by atoms with Gasteiger partial charge in [0.25, 0.3) is 0 Å². The van der Waals surface area contributed by atoms with E-state index in [1.807, 2.05) is 0 Å². The van der Waals surface area contributed by atoms with Crippen molar-refractivity contribution in [2.24, 2.45) is 29.2 Å². The monoisotopic (exact) mass is 1980 g/mol. The summed E-state index contributed by atoms with van der Waals surface area (Å²) in [5.74, 6) is -21.3. The summed E-state index contributed by atoms with van der Waals surface area (Å²) in [7, 11) is 1.35. The first-order valence-electron chi connectivity index (χ1n) is 45.7. The van der Waals surface area contributed by atoms with Gasteiger partial charge in [-0.05, 0) is 74.6 Å². The summed E-state index contributed by atoms with van der Waals surface area (Å²) in [4.78, 5) is 320. The van der Waals surface area contributed by atoms with Crippen LogP contribution in [0.2, 0.25) is 0 Å². The first-order chi connectivity index (χ1) is 65.6. The molecule has 0 radical (unpaired) electrons. The average molecular weight is 1980 g/mol. The number of carbonyl (C=O) groups excluding carboxylic acids is 18. The summed E-state index contributed by atoms with van der Waals surface area (Å²) < 4.78 is 2.03. The number of carbonyl (C=O) groups is 19. The van der Waals surface area contributed by atoms with Gasteiger partial charge in [0.2, 0.25) is 94.5 Å². The minimum atomic E-state index is -1.98. The van der Waals surface area contributed by atoms with Gasteiger partial charge in [0.15, 0.2) is 5.78 Å². The third-order valence-corrected chi connectivity index (χ3v) is 26.6. The van der Waals surface area contributed by atoms with Crippen molar-refractivity contribution in [1.29, 1.82) is 0 Å². The Hall–Kier alpha value is -12.8. The Morgan fingerprint density at radius 2 is 1.04 bits per heavy atom. The molecule has 0 saturated carbocycles. The van der Waals surface area contributed by atoms with Crippen molar-refractivity contribution >= 4 is 169 Å². The molecule has 0 unspecified atom stereocenters. The smallest absolute Gasteiger partial charge is 0.336 e. The van der Waals surface area contributed by atoms with Gasteiger partial charge >= 0.3 is 23.0 Å². The Kier molecular flexibility index (Phi) is 43.1. The second kappa shape index (κ2) is 53.8. The summed E-state index contributed by atoms with van der Waals surface area (Å²) in [5.41, 5.74) is 10.1. The number of Topliss-reactive ketones (excluding diaryl/α,β-unsaturated/α-hetero) is 2. The third kappa shape index (κ3) is 32.4. The fraction of sp³-hybridized carbons (Fsp3) is 0.573. The number of fused-ring (bicyclic) bond motifs is 13. The molecule has 16 amide bonds. The highest BCUT2D eigenvalue weighted by molar-refractivity contribution is 7.99. The number of aliphatic hydroxyl groups excluding tert-OH is 1. The van der Waals surface area contributed by atoms with Crippen molar-refractivity contribution in [2.45, 2.75) is 224 Å². The number of amides is 16. The Morgan fingerprint density at radius 1 is 0.522 bits per heavy atom. The van der Waals surface area contributed by atoms with Gasteiger partial charge in [-0.15, -0.1) is 0 Å². The van der Waals surface area contributed by atoms with E-state index in [1.54, 1.807) is 74.8 Å². The summed E-state index contributed by atoms with van der Waals surface area (Å²) >= 11 is 2.96. The molecule has 8 rings (SSSR count). The number of ketones is 2. The molecule has 754 valence electrons. The highest BCUT2D eigenvalue weighted by atomic mass is 32.2. The quantitative estimate of drug-likeness (QED) is 0.0368. The first kappa shape index (κ1) is 111. The maximum Gasteiger partial charge on any atom is 0.336 e. The number of likely N-dealkylation sites (N-methyl/N-ethyl adjacent to an activating group) is 1. The molecule has 3 aliphatic heterocycles. The van der Waals surface area contributed by atoms with Crippen LogP contribution in [0.1, 0.15) is 130 Å². The van der Waals surface area contributed by atoms with Crippen LogP contribution in [0.25, 0.3) is 21.8 Å². The van der Waals surface area contributed by atoms with Crippen LogP contribution in [0.4, 0.5) is 0 Å².